The molecule has 5 heteroatoms. The zero-order valence-corrected chi connectivity index (χ0v) is 13.2. The van der Waals surface area contributed by atoms with Gasteiger partial charge < -0.3 is 10.6 Å². The summed E-state index contributed by atoms with van der Waals surface area (Å²) in [5.74, 6) is 1.21. The number of nitrogens with one attached hydrogen (secondary N) is 2. The van der Waals surface area contributed by atoms with Gasteiger partial charge in [-0.1, -0.05) is 44.0 Å². The van der Waals surface area contributed by atoms with Gasteiger partial charge in [-0.3, -0.25) is 0 Å². The SMILES string of the molecule is CCCNc1ncc(Cl)c(Nc2ccc(CCC)cc2)n1. The Bertz CT molecular complexity index is 569. The summed E-state index contributed by atoms with van der Waals surface area (Å²) in [6.45, 7) is 5.12. The number of rotatable bonds is 7. The van der Waals surface area contributed by atoms with Crippen molar-refractivity contribution in [3.63, 3.8) is 0 Å². The number of aromatic nitrogens is 2. The summed E-state index contributed by atoms with van der Waals surface area (Å²) < 4.78 is 0. The molecule has 0 aliphatic carbocycles. The van der Waals surface area contributed by atoms with Gasteiger partial charge in [-0.25, -0.2) is 4.98 Å². The second kappa shape index (κ2) is 7.84. The Hall–Kier alpha value is -1.81. The lowest BCUT2D eigenvalue weighted by atomic mass is 10.1. The van der Waals surface area contributed by atoms with Crippen molar-refractivity contribution in [2.45, 2.75) is 33.1 Å². The summed E-state index contributed by atoms with van der Waals surface area (Å²) in [5.41, 5.74) is 2.30. The van der Waals surface area contributed by atoms with Crippen molar-refractivity contribution >= 4 is 29.1 Å². The number of nitrogens with zero attached hydrogens (tertiary/aromatic N) is 2. The topological polar surface area (TPSA) is 49.8 Å². The highest BCUT2D eigenvalue weighted by molar-refractivity contribution is 6.32. The molecule has 0 saturated heterocycles. The molecular formula is C16H21ClN4. The van der Waals surface area contributed by atoms with E-state index in [-0.39, 0.29) is 0 Å². The molecule has 0 amide bonds. The third-order valence-corrected chi connectivity index (χ3v) is 3.31. The Labute approximate surface area is 131 Å². The zero-order chi connectivity index (χ0) is 15.1. The first-order chi connectivity index (χ1) is 10.2. The quantitative estimate of drug-likeness (QED) is 0.782. The van der Waals surface area contributed by atoms with Gasteiger partial charge in [0.15, 0.2) is 5.82 Å². The Morgan fingerprint density at radius 1 is 1.10 bits per heavy atom. The van der Waals surface area contributed by atoms with Crippen LogP contribution in [0.3, 0.4) is 0 Å². The first kappa shape index (κ1) is 15.6. The van der Waals surface area contributed by atoms with E-state index in [1.165, 1.54) is 5.56 Å². The molecule has 0 bridgehead atoms. The molecule has 0 fully saturated rings. The molecule has 2 rings (SSSR count). The third kappa shape index (κ3) is 4.60. The monoisotopic (exact) mass is 304 g/mol. The van der Waals surface area contributed by atoms with Crippen molar-refractivity contribution in [3.8, 4) is 0 Å². The molecule has 1 heterocycles. The molecule has 0 aliphatic heterocycles. The number of hydrogen-bond donors (Lipinski definition) is 2. The van der Waals surface area contributed by atoms with E-state index in [2.05, 4.69) is 46.6 Å². The predicted octanol–water partition coefficient (Wildman–Crippen LogP) is 4.65. The highest BCUT2D eigenvalue weighted by Crippen LogP contribution is 2.24. The van der Waals surface area contributed by atoms with Crippen molar-refractivity contribution < 1.29 is 0 Å². The first-order valence-electron chi connectivity index (χ1n) is 7.35. The van der Waals surface area contributed by atoms with Crippen molar-refractivity contribution in [1.82, 2.24) is 9.97 Å². The van der Waals surface area contributed by atoms with E-state index < -0.39 is 0 Å². The molecule has 112 valence electrons. The minimum atomic E-state index is 0.509. The molecule has 1 aromatic carbocycles. The van der Waals surface area contributed by atoms with Crippen LogP contribution >= 0.6 is 11.6 Å². The van der Waals surface area contributed by atoms with Gasteiger partial charge in [0.05, 0.1) is 6.20 Å². The molecule has 0 unspecified atom stereocenters. The average molecular weight is 305 g/mol. The van der Waals surface area contributed by atoms with Crippen molar-refractivity contribution in [2.75, 3.05) is 17.2 Å². The highest BCUT2D eigenvalue weighted by atomic mass is 35.5. The molecule has 2 aromatic rings. The van der Waals surface area contributed by atoms with E-state index in [4.69, 9.17) is 11.6 Å². The minimum absolute atomic E-state index is 0.509. The summed E-state index contributed by atoms with van der Waals surface area (Å²) >= 11 is 6.15. The molecule has 2 N–H and O–H groups in total. The van der Waals surface area contributed by atoms with Gasteiger partial charge in [-0.05, 0) is 30.5 Å². The second-order valence-corrected chi connectivity index (χ2v) is 5.30. The van der Waals surface area contributed by atoms with Gasteiger partial charge in [0.1, 0.15) is 5.02 Å². The van der Waals surface area contributed by atoms with Crippen molar-refractivity contribution in [1.29, 1.82) is 0 Å². The highest BCUT2D eigenvalue weighted by Gasteiger charge is 2.05. The summed E-state index contributed by atoms with van der Waals surface area (Å²) in [5, 5.41) is 6.90. The Kier molecular flexibility index (Phi) is 5.81. The van der Waals surface area contributed by atoms with E-state index in [0.717, 1.165) is 31.5 Å². The van der Waals surface area contributed by atoms with Crippen LogP contribution in [0.4, 0.5) is 17.5 Å². The number of benzene rings is 1. The molecule has 0 saturated carbocycles. The Morgan fingerprint density at radius 3 is 2.52 bits per heavy atom. The fourth-order valence-electron chi connectivity index (χ4n) is 1.96. The second-order valence-electron chi connectivity index (χ2n) is 4.89. The summed E-state index contributed by atoms with van der Waals surface area (Å²) in [6, 6.07) is 8.33. The third-order valence-electron chi connectivity index (χ3n) is 3.03. The van der Waals surface area contributed by atoms with Crippen LogP contribution in [0.1, 0.15) is 32.3 Å². The molecule has 0 radical (unpaired) electrons. The van der Waals surface area contributed by atoms with Crippen LogP contribution in [0.25, 0.3) is 0 Å². The van der Waals surface area contributed by atoms with Crippen LogP contribution in [0.15, 0.2) is 30.5 Å². The number of halogens is 1. The molecular weight excluding hydrogens is 284 g/mol. The van der Waals surface area contributed by atoms with E-state index in [9.17, 15) is 0 Å². The fraction of sp³-hybridized carbons (Fsp3) is 0.375. The first-order valence-corrected chi connectivity index (χ1v) is 7.73. The maximum absolute atomic E-state index is 6.15. The van der Waals surface area contributed by atoms with E-state index in [1.807, 2.05) is 12.1 Å². The normalized spacial score (nSPS) is 10.4. The molecule has 1 aromatic heterocycles. The van der Waals surface area contributed by atoms with Crippen LogP contribution in [0.5, 0.6) is 0 Å². The van der Waals surface area contributed by atoms with Crippen LogP contribution in [0.2, 0.25) is 5.02 Å². The lowest BCUT2D eigenvalue weighted by molar-refractivity contribution is 0.922. The smallest absolute Gasteiger partial charge is 0.224 e. The molecule has 0 spiro atoms. The fourth-order valence-corrected chi connectivity index (χ4v) is 2.10. The number of anilines is 3. The van der Waals surface area contributed by atoms with Crippen LogP contribution in [-0.4, -0.2) is 16.5 Å². The minimum Gasteiger partial charge on any atom is -0.354 e. The van der Waals surface area contributed by atoms with E-state index >= 15 is 0 Å². The number of aryl methyl sites for hydroxylation is 1. The standard InChI is InChI=1S/C16H21ClN4/c1-3-5-12-6-8-13(9-7-12)20-15-14(17)11-19-16(21-15)18-10-4-2/h6-9,11H,3-5,10H2,1-2H3,(H2,18,19,20,21). The van der Waals surface area contributed by atoms with Crippen molar-refractivity contribution in [2.24, 2.45) is 0 Å². The number of hydrogen-bond acceptors (Lipinski definition) is 4. The molecule has 4 nitrogen and oxygen atoms in total. The lowest BCUT2D eigenvalue weighted by Gasteiger charge is -2.10. The zero-order valence-electron chi connectivity index (χ0n) is 12.5. The maximum atomic E-state index is 6.15. The average Bonchev–Trinajstić information content (AvgIpc) is 2.50. The molecule has 21 heavy (non-hydrogen) atoms. The lowest BCUT2D eigenvalue weighted by Crippen LogP contribution is -2.06. The van der Waals surface area contributed by atoms with Gasteiger partial charge in [-0.2, -0.15) is 4.98 Å². The van der Waals surface area contributed by atoms with Gasteiger partial charge in [-0.15, -0.1) is 0 Å². The Morgan fingerprint density at radius 2 is 1.86 bits per heavy atom. The van der Waals surface area contributed by atoms with E-state index in [1.54, 1.807) is 6.20 Å². The maximum Gasteiger partial charge on any atom is 0.224 e. The van der Waals surface area contributed by atoms with E-state index in [0.29, 0.717) is 16.8 Å². The largest absolute Gasteiger partial charge is 0.354 e. The van der Waals surface area contributed by atoms with Crippen LogP contribution < -0.4 is 10.6 Å². The van der Waals surface area contributed by atoms with Gasteiger partial charge in [0, 0.05) is 12.2 Å². The van der Waals surface area contributed by atoms with Gasteiger partial charge in [0.2, 0.25) is 5.95 Å². The summed E-state index contributed by atoms with van der Waals surface area (Å²) in [7, 11) is 0. The van der Waals surface area contributed by atoms with Crippen LogP contribution in [-0.2, 0) is 6.42 Å². The van der Waals surface area contributed by atoms with Crippen LogP contribution in [0, 0.1) is 0 Å². The van der Waals surface area contributed by atoms with Crippen molar-refractivity contribution in [3.05, 3.63) is 41.0 Å². The predicted molar refractivity (Wildman–Crippen MR) is 89.5 cm³/mol. The summed E-state index contributed by atoms with van der Waals surface area (Å²) in [6.07, 6.45) is 4.88. The summed E-state index contributed by atoms with van der Waals surface area (Å²) in [4.78, 5) is 8.56. The van der Waals surface area contributed by atoms with Gasteiger partial charge in [0.25, 0.3) is 0 Å². The Balaban J connectivity index is 2.10. The molecule has 0 aliphatic rings. The van der Waals surface area contributed by atoms with Gasteiger partial charge >= 0.3 is 0 Å². The molecule has 0 atom stereocenters.